The van der Waals surface area contributed by atoms with Crippen molar-refractivity contribution in [1.29, 1.82) is 0 Å². The van der Waals surface area contributed by atoms with Crippen molar-refractivity contribution in [3.63, 3.8) is 0 Å². The molecule has 1 saturated carbocycles. The van der Waals surface area contributed by atoms with E-state index in [0.717, 1.165) is 12.8 Å². The lowest BCUT2D eigenvalue weighted by molar-refractivity contribution is -0.121. The number of nitrogen functional groups attached to an aromatic ring is 1. The average molecular weight is 234 g/mol. The van der Waals surface area contributed by atoms with Gasteiger partial charge in [-0.1, -0.05) is 12.8 Å². The Kier molecular flexibility index (Phi) is 3.52. The van der Waals surface area contributed by atoms with E-state index in [9.17, 15) is 9.90 Å². The van der Waals surface area contributed by atoms with Crippen molar-refractivity contribution in [1.82, 2.24) is 5.32 Å². The van der Waals surface area contributed by atoms with Crippen LogP contribution in [0.3, 0.4) is 0 Å². The zero-order chi connectivity index (χ0) is 12.3. The third-order valence-corrected chi connectivity index (χ3v) is 3.20. The Balaban J connectivity index is 1.95. The molecule has 1 amide bonds. The monoisotopic (exact) mass is 234 g/mol. The number of nitrogens with two attached hydrogens (primary N) is 1. The Morgan fingerprint density at radius 2 is 2.12 bits per heavy atom. The van der Waals surface area contributed by atoms with Crippen molar-refractivity contribution in [2.45, 2.75) is 38.1 Å². The molecule has 0 radical (unpaired) electrons. The molecule has 0 heterocycles. The normalized spacial score (nSPS) is 16.0. The van der Waals surface area contributed by atoms with Crippen LogP contribution >= 0.6 is 0 Å². The van der Waals surface area contributed by atoms with Gasteiger partial charge in [-0.05, 0) is 36.6 Å². The van der Waals surface area contributed by atoms with Crippen LogP contribution in [0, 0.1) is 0 Å². The van der Waals surface area contributed by atoms with Gasteiger partial charge in [0.1, 0.15) is 5.75 Å². The van der Waals surface area contributed by atoms with Gasteiger partial charge in [-0.15, -0.1) is 0 Å². The highest BCUT2D eigenvalue weighted by Crippen LogP contribution is 2.20. The molecule has 0 bridgehead atoms. The molecule has 2 rings (SSSR count). The molecule has 1 aromatic rings. The van der Waals surface area contributed by atoms with Crippen LogP contribution < -0.4 is 11.1 Å². The molecule has 0 atom stereocenters. The number of phenols is 1. The minimum Gasteiger partial charge on any atom is -0.508 e. The lowest BCUT2D eigenvalue weighted by Gasteiger charge is -2.12. The fraction of sp³-hybridized carbons (Fsp3) is 0.462. The van der Waals surface area contributed by atoms with E-state index in [4.69, 9.17) is 5.73 Å². The molecular formula is C13H18N2O2. The van der Waals surface area contributed by atoms with Crippen molar-refractivity contribution >= 4 is 11.6 Å². The number of anilines is 1. The van der Waals surface area contributed by atoms with Crippen LogP contribution in [0.4, 0.5) is 5.69 Å². The number of hydrogen-bond acceptors (Lipinski definition) is 3. The van der Waals surface area contributed by atoms with Crippen molar-refractivity contribution in [2.75, 3.05) is 5.73 Å². The van der Waals surface area contributed by atoms with Crippen LogP contribution in [0.15, 0.2) is 18.2 Å². The summed E-state index contributed by atoms with van der Waals surface area (Å²) in [6, 6.07) is 5.01. The zero-order valence-electron chi connectivity index (χ0n) is 9.78. The molecule has 4 N–H and O–H groups in total. The second-order valence-electron chi connectivity index (χ2n) is 4.61. The molecule has 4 nitrogen and oxygen atoms in total. The summed E-state index contributed by atoms with van der Waals surface area (Å²) in [7, 11) is 0. The van der Waals surface area contributed by atoms with Gasteiger partial charge in [-0.3, -0.25) is 4.79 Å². The molecule has 1 fully saturated rings. The Morgan fingerprint density at radius 3 is 2.82 bits per heavy atom. The van der Waals surface area contributed by atoms with Crippen molar-refractivity contribution in [2.24, 2.45) is 0 Å². The minimum absolute atomic E-state index is 0.0193. The molecule has 92 valence electrons. The van der Waals surface area contributed by atoms with E-state index in [0.29, 0.717) is 17.3 Å². The molecule has 0 unspecified atom stereocenters. The number of nitrogens with one attached hydrogen (secondary N) is 1. The van der Waals surface area contributed by atoms with E-state index in [2.05, 4.69) is 5.32 Å². The lowest BCUT2D eigenvalue weighted by atomic mass is 10.1. The van der Waals surface area contributed by atoms with Crippen molar-refractivity contribution in [3.8, 4) is 5.75 Å². The van der Waals surface area contributed by atoms with Gasteiger partial charge in [0.05, 0.1) is 6.42 Å². The van der Waals surface area contributed by atoms with Crippen LogP contribution in [0.2, 0.25) is 0 Å². The molecule has 0 aliphatic heterocycles. The molecule has 4 heteroatoms. The van der Waals surface area contributed by atoms with Gasteiger partial charge >= 0.3 is 0 Å². The molecule has 0 spiro atoms. The summed E-state index contributed by atoms with van der Waals surface area (Å²) in [4.78, 5) is 11.8. The van der Waals surface area contributed by atoms with Crippen LogP contribution in [0.25, 0.3) is 0 Å². The Morgan fingerprint density at radius 1 is 1.41 bits per heavy atom. The highest BCUT2D eigenvalue weighted by Gasteiger charge is 2.17. The Hall–Kier alpha value is -1.71. The summed E-state index contributed by atoms with van der Waals surface area (Å²) in [5.74, 6) is 0.122. The molecule has 17 heavy (non-hydrogen) atoms. The standard InChI is InChI=1S/C13H18N2O2/c14-12-6-5-11(16)7-9(12)8-13(17)15-10-3-1-2-4-10/h5-7,10,16H,1-4,8,14H2,(H,15,17). The summed E-state index contributed by atoms with van der Waals surface area (Å²) in [5.41, 5.74) is 6.98. The minimum atomic E-state index is -0.0193. The van der Waals surface area contributed by atoms with E-state index in [1.54, 1.807) is 12.1 Å². The first-order valence-electron chi connectivity index (χ1n) is 6.02. The molecule has 1 aromatic carbocycles. The quantitative estimate of drug-likeness (QED) is 0.549. The molecular weight excluding hydrogens is 216 g/mol. The second kappa shape index (κ2) is 5.08. The van der Waals surface area contributed by atoms with E-state index in [1.807, 2.05) is 0 Å². The number of carbonyl (C=O) groups excluding carboxylic acids is 1. The Labute approximate surface area is 101 Å². The van der Waals surface area contributed by atoms with E-state index >= 15 is 0 Å². The maximum absolute atomic E-state index is 11.8. The van der Waals surface area contributed by atoms with Gasteiger partial charge in [0, 0.05) is 11.7 Å². The largest absolute Gasteiger partial charge is 0.508 e. The Bertz CT molecular complexity index is 412. The van der Waals surface area contributed by atoms with E-state index < -0.39 is 0 Å². The number of aromatic hydroxyl groups is 1. The number of hydrogen-bond donors (Lipinski definition) is 3. The number of benzene rings is 1. The van der Waals surface area contributed by atoms with Crippen LogP contribution in [-0.4, -0.2) is 17.1 Å². The van der Waals surface area contributed by atoms with Gasteiger partial charge in [-0.2, -0.15) is 0 Å². The summed E-state index contributed by atoms with van der Waals surface area (Å²) in [6.07, 6.45) is 4.76. The van der Waals surface area contributed by atoms with Gasteiger partial charge in [0.25, 0.3) is 0 Å². The summed E-state index contributed by atoms with van der Waals surface area (Å²) >= 11 is 0. The third-order valence-electron chi connectivity index (χ3n) is 3.20. The fourth-order valence-corrected chi connectivity index (χ4v) is 2.27. The first-order valence-corrected chi connectivity index (χ1v) is 6.02. The van der Waals surface area contributed by atoms with Crippen molar-refractivity contribution < 1.29 is 9.90 Å². The summed E-state index contributed by atoms with van der Waals surface area (Å²) in [6.45, 7) is 0. The fourth-order valence-electron chi connectivity index (χ4n) is 2.27. The second-order valence-corrected chi connectivity index (χ2v) is 4.61. The number of carbonyl (C=O) groups is 1. The first-order chi connectivity index (χ1) is 8.15. The smallest absolute Gasteiger partial charge is 0.224 e. The number of phenolic OH excluding ortho intramolecular Hbond substituents is 1. The van der Waals surface area contributed by atoms with E-state index in [-0.39, 0.29) is 18.1 Å². The number of amides is 1. The van der Waals surface area contributed by atoms with Gasteiger partial charge in [0.15, 0.2) is 0 Å². The summed E-state index contributed by atoms with van der Waals surface area (Å²) in [5, 5.41) is 12.3. The molecule has 0 aromatic heterocycles. The first kappa shape index (κ1) is 11.8. The van der Waals surface area contributed by atoms with Gasteiger partial charge in [-0.25, -0.2) is 0 Å². The van der Waals surface area contributed by atoms with Gasteiger partial charge in [0.2, 0.25) is 5.91 Å². The maximum Gasteiger partial charge on any atom is 0.224 e. The van der Waals surface area contributed by atoms with E-state index in [1.165, 1.54) is 18.9 Å². The maximum atomic E-state index is 11.8. The predicted molar refractivity (Wildman–Crippen MR) is 66.6 cm³/mol. The zero-order valence-corrected chi connectivity index (χ0v) is 9.78. The topological polar surface area (TPSA) is 75.3 Å². The average Bonchev–Trinajstić information content (AvgIpc) is 2.76. The van der Waals surface area contributed by atoms with Crippen LogP contribution in [0.1, 0.15) is 31.2 Å². The van der Waals surface area contributed by atoms with Crippen molar-refractivity contribution in [3.05, 3.63) is 23.8 Å². The predicted octanol–water partition coefficient (Wildman–Crippen LogP) is 1.58. The molecule has 1 aliphatic carbocycles. The SMILES string of the molecule is Nc1ccc(O)cc1CC(=O)NC1CCCC1. The molecule has 1 aliphatic rings. The summed E-state index contributed by atoms with van der Waals surface area (Å²) < 4.78 is 0. The third kappa shape index (κ3) is 3.12. The van der Waals surface area contributed by atoms with Gasteiger partial charge < -0.3 is 16.2 Å². The molecule has 0 saturated heterocycles. The van der Waals surface area contributed by atoms with Crippen LogP contribution in [-0.2, 0) is 11.2 Å². The highest BCUT2D eigenvalue weighted by atomic mass is 16.3. The number of rotatable bonds is 3. The highest BCUT2D eigenvalue weighted by molar-refractivity contribution is 5.80. The lowest BCUT2D eigenvalue weighted by Crippen LogP contribution is -2.33. The van der Waals surface area contributed by atoms with Crippen LogP contribution in [0.5, 0.6) is 5.75 Å².